The van der Waals surface area contributed by atoms with Crippen molar-refractivity contribution in [2.75, 3.05) is 50.7 Å². The molecule has 5 nitrogen and oxygen atoms in total. The number of carbonyl (C=O) groups is 1. The molecule has 31 heavy (non-hydrogen) atoms. The zero-order chi connectivity index (χ0) is 23.0. The summed E-state index contributed by atoms with van der Waals surface area (Å²) >= 11 is 0. The number of piperazine rings is 2. The number of carbonyl (C=O) groups excluding carboxylic acids is 1. The Balaban J connectivity index is 1.70. The van der Waals surface area contributed by atoms with Crippen molar-refractivity contribution in [2.24, 2.45) is 0 Å². The molecule has 0 saturated carbocycles. The van der Waals surface area contributed by atoms with Crippen LogP contribution in [0.4, 0.5) is 32.0 Å². The van der Waals surface area contributed by atoms with Gasteiger partial charge in [-0.1, -0.05) is 0 Å². The van der Waals surface area contributed by atoms with Crippen molar-refractivity contribution in [3.05, 3.63) is 29.3 Å². The van der Waals surface area contributed by atoms with E-state index in [9.17, 15) is 31.1 Å². The molecule has 11 heteroatoms. The first-order chi connectivity index (χ1) is 14.4. The summed E-state index contributed by atoms with van der Waals surface area (Å²) in [4.78, 5) is 18.1. The van der Waals surface area contributed by atoms with Crippen molar-refractivity contribution < 1.29 is 31.1 Å². The summed E-state index contributed by atoms with van der Waals surface area (Å²) in [5.74, 6) is -0.0926. The Morgan fingerprint density at radius 2 is 1.48 bits per heavy atom. The van der Waals surface area contributed by atoms with Crippen LogP contribution in [0.15, 0.2) is 18.2 Å². The third kappa shape index (κ3) is 5.62. The van der Waals surface area contributed by atoms with E-state index < -0.39 is 23.5 Å². The fraction of sp³-hybridized carbons (Fsp3) is 0.650. The van der Waals surface area contributed by atoms with E-state index in [1.807, 2.05) is 0 Å². The zero-order valence-corrected chi connectivity index (χ0v) is 17.4. The minimum atomic E-state index is -4.89. The third-order valence-corrected chi connectivity index (χ3v) is 5.76. The van der Waals surface area contributed by atoms with Gasteiger partial charge in [0, 0.05) is 57.5 Å². The van der Waals surface area contributed by atoms with Crippen LogP contribution in [-0.4, -0.2) is 73.6 Å². The number of hydrogen-bond acceptors (Lipinski definition) is 4. The number of halogens is 6. The first-order valence-corrected chi connectivity index (χ1v) is 10.2. The maximum absolute atomic E-state index is 13.1. The van der Waals surface area contributed by atoms with E-state index in [-0.39, 0.29) is 49.9 Å². The largest absolute Gasteiger partial charge is 0.416 e. The SMILES string of the molecule is CC(C)N1CCN[C@@H](C(=O)N2CCN(c3cc(C(F)(F)F)cc(C(F)(F)F)c3)CC2)C1. The molecule has 1 aromatic carbocycles. The lowest BCUT2D eigenvalue weighted by Crippen LogP contribution is -2.61. The van der Waals surface area contributed by atoms with Crippen LogP contribution >= 0.6 is 0 Å². The molecule has 1 atom stereocenters. The fourth-order valence-corrected chi connectivity index (χ4v) is 3.93. The molecule has 2 fully saturated rings. The highest BCUT2D eigenvalue weighted by Crippen LogP contribution is 2.38. The molecule has 2 aliphatic rings. The summed E-state index contributed by atoms with van der Waals surface area (Å²) < 4.78 is 78.7. The molecule has 2 saturated heterocycles. The standard InChI is InChI=1S/C20H26F6N4O/c1-13(2)30-4-3-27-17(12-30)18(31)29-7-5-28(6-8-29)16-10-14(19(21,22)23)9-15(11-16)20(24,25)26/h9-11,13,17,27H,3-8,12H2,1-2H3/t17-/m1/s1. The van der Waals surface area contributed by atoms with Gasteiger partial charge in [0.15, 0.2) is 0 Å². The average molecular weight is 452 g/mol. The summed E-state index contributed by atoms with van der Waals surface area (Å²) in [6.45, 7) is 6.97. The van der Waals surface area contributed by atoms with Crippen molar-refractivity contribution in [2.45, 2.75) is 38.3 Å². The lowest BCUT2D eigenvalue weighted by molar-refractivity contribution is -0.143. The Morgan fingerprint density at radius 3 is 1.97 bits per heavy atom. The maximum Gasteiger partial charge on any atom is 0.416 e. The molecular weight excluding hydrogens is 426 g/mol. The van der Waals surface area contributed by atoms with Crippen molar-refractivity contribution in [1.82, 2.24) is 15.1 Å². The predicted octanol–water partition coefficient (Wildman–Crippen LogP) is 3.06. The monoisotopic (exact) mass is 452 g/mol. The Bertz CT molecular complexity index is 755. The highest BCUT2D eigenvalue weighted by atomic mass is 19.4. The number of amides is 1. The first-order valence-electron chi connectivity index (χ1n) is 10.2. The lowest BCUT2D eigenvalue weighted by atomic mass is 10.1. The van der Waals surface area contributed by atoms with Gasteiger partial charge in [0.05, 0.1) is 17.2 Å². The van der Waals surface area contributed by atoms with Gasteiger partial charge in [-0.3, -0.25) is 9.69 Å². The molecule has 0 bridgehead atoms. The maximum atomic E-state index is 13.1. The van der Waals surface area contributed by atoms with Gasteiger partial charge < -0.3 is 15.1 Å². The van der Waals surface area contributed by atoms with Crippen LogP contribution in [0.1, 0.15) is 25.0 Å². The second-order valence-electron chi connectivity index (χ2n) is 8.17. The minimum absolute atomic E-state index is 0.0926. The van der Waals surface area contributed by atoms with Gasteiger partial charge in [0.1, 0.15) is 0 Å². The fourth-order valence-electron chi connectivity index (χ4n) is 3.93. The Labute approximate surface area is 177 Å². The van der Waals surface area contributed by atoms with Gasteiger partial charge in [-0.05, 0) is 32.0 Å². The summed E-state index contributed by atoms with van der Waals surface area (Å²) in [5.41, 5.74) is -2.82. The molecule has 3 rings (SSSR count). The molecule has 2 aliphatic heterocycles. The Hall–Kier alpha value is -2.01. The number of rotatable bonds is 3. The van der Waals surface area contributed by atoms with E-state index in [0.29, 0.717) is 19.1 Å². The van der Waals surface area contributed by atoms with Crippen molar-refractivity contribution in [1.29, 1.82) is 0 Å². The predicted molar refractivity (Wildman–Crippen MR) is 104 cm³/mol. The topological polar surface area (TPSA) is 38.8 Å². The molecule has 0 unspecified atom stereocenters. The van der Waals surface area contributed by atoms with Crippen LogP contribution in [0.25, 0.3) is 0 Å². The molecule has 0 spiro atoms. The summed E-state index contributed by atoms with van der Waals surface area (Å²) in [6.07, 6.45) is -9.77. The highest BCUT2D eigenvalue weighted by molar-refractivity contribution is 5.82. The Morgan fingerprint density at radius 1 is 0.935 bits per heavy atom. The van der Waals surface area contributed by atoms with E-state index in [1.54, 1.807) is 4.90 Å². The van der Waals surface area contributed by atoms with Crippen molar-refractivity contribution in [3.63, 3.8) is 0 Å². The summed E-state index contributed by atoms with van der Waals surface area (Å²) in [5, 5.41) is 3.20. The van der Waals surface area contributed by atoms with Gasteiger partial charge in [0.2, 0.25) is 5.91 Å². The number of alkyl halides is 6. The van der Waals surface area contributed by atoms with E-state index in [0.717, 1.165) is 18.7 Å². The molecule has 0 aromatic heterocycles. The number of nitrogens with zero attached hydrogens (tertiary/aromatic N) is 3. The highest BCUT2D eigenvalue weighted by Gasteiger charge is 2.38. The number of anilines is 1. The van der Waals surface area contributed by atoms with Crippen LogP contribution in [-0.2, 0) is 17.1 Å². The zero-order valence-electron chi connectivity index (χ0n) is 17.4. The number of benzene rings is 1. The molecule has 0 radical (unpaired) electrons. The Kier molecular flexibility index (Phi) is 6.75. The van der Waals surface area contributed by atoms with Crippen LogP contribution in [0.5, 0.6) is 0 Å². The molecule has 0 aliphatic carbocycles. The molecule has 1 aromatic rings. The first kappa shape index (κ1) is 23.6. The van der Waals surface area contributed by atoms with Crippen LogP contribution in [0, 0.1) is 0 Å². The van der Waals surface area contributed by atoms with E-state index >= 15 is 0 Å². The van der Waals surface area contributed by atoms with Gasteiger partial charge in [-0.25, -0.2) is 0 Å². The second-order valence-corrected chi connectivity index (χ2v) is 8.17. The number of nitrogens with one attached hydrogen (secondary N) is 1. The molecule has 1 amide bonds. The molecular formula is C20H26F6N4O. The third-order valence-electron chi connectivity index (χ3n) is 5.76. The van der Waals surface area contributed by atoms with Crippen molar-refractivity contribution >= 4 is 11.6 Å². The minimum Gasteiger partial charge on any atom is -0.368 e. The quantitative estimate of drug-likeness (QED) is 0.716. The van der Waals surface area contributed by atoms with E-state index in [4.69, 9.17) is 0 Å². The van der Waals surface area contributed by atoms with Crippen molar-refractivity contribution in [3.8, 4) is 0 Å². The normalized spacial score (nSPS) is 21.6. The van der Waals surface area contributed by atoms with E-state index in [1.165, 1.54) is 4.90 Å². The van der Waals surface area contributed by atoms with Gasteiger partial charge in [-0.15, -0.1) is 0 Å². The average Bonchev–Trinajstić information content (AvgIpc) is 2.72. The number of hydrogen-bond donors (Lipinski definition) is 1. The van der Waals surface area contributed by atoms with Gasteiger partial charge in [0.25, 0.3) is 0 Å². The smallest absolute Gasteiger partial charge is 0.368 e. The molecule has 1 N–H and O–H groups in total. The van der Waals surface area contributed by atoms with Crippen LogP contribution < -0.4 is 10.2 Å². The lowest BCUT2D eigenvalue weighted by Gasteiger charge is -2.41. The van der Waals surface area contributed by atoms with Crippen LogP contribution in [0.2, 0.25) is 0 Å². The summed E-state index contributed by atoms with van der Waals surface area (Å²) in [6, 6.07) is 1.52. The molecule has 2 heterocycles. The van der Waals surface area contributed by atoms with Gasteiger partial charge >= 0.3 is 12.4 Å². The van der Waals surface area contributed by atoms with Crippen LogP contribution in [0.3, 0.4) is 0 Å². The second kappa shape index (κ2) is 8.85. The molecule has 174 valence electrons. The summed E-state index contributed by atoms with van der Waals surface area (Å²) in [7, 11) is 0. The van der Waals surface area contributed by atoms with E-state index in [2.05, 4.69) is 24.1 Å². The van der Waals surface area contributed by atoms with Gasteiger partial charge in [-0.2, -0.15) is 26.3 Å².